The van der Waals surface area contributed by atoms with Crippen LogP contribution in [0.15, 0.2) is 5.16 Å². The highest BCUT2D eigenvalue weighted by molar-refractivity contribution is 8.05. The summed E-state index contributed by atoms with van der Waals surface area (Å²) in [6.45, 7) is 0.843. The average molecular weight is 643 g/mol. The molecule has 1 saturated heterocycles. The van der Waals surface area contributed by atoms with Gasteiger partial charge in [0.1, 0.15) is 11.3 Å². The number of nitrogens with zero attached hydrogens (tertiary/aromatic N) is 4. The minimum absolute atomic E-state index is 0.165. The average Bonchev–Trinajstić information content (AvgIpc) is 3.50. The zero-order chi connectivity index (χ0) is 30.1. The number of hydrogen-bond acceptors (Lipinski definition) is 8. The molecule has 1 amide bonds. The van der Waals surface area contributed by atoms with Crippen molar-refractivity contribution in [3.63, 3.8) is 0 Å². The number of alkyl halides is 7. The van der Waals surface area contributed by atoms with Crippen molar-refractivity contribution in [3.05, 3.63) is 11.3 Å². The molecule has 0 radical (unpaired) electrons. The first-order valence-electron chi connectivity index (χ1n) is 12.2. The van der Waals surface area contributed by atoms with E-state index in [0.29, 0.717) is 17.8 Å². The molecule has 1 aliphatic carbocycles. The second-order valence-electron chi connectivity index (χ2n) is 10.0. The number of aryl methyl sites for hydroxylation is 1. The number of hydrogen-bond donors (Lipinski definition) is 0. The summed E-state index contributed by atoms with van der Waals surface area (Å²) in [6, 6.07) is 0. The smallest absolute Gasteiger partial charge is 0.417 e. The third kappa shape index (κ3) is 7.48. The van der Waals surface area contributed by atoms with Gasteiger partial charge in [0.05, 0.1) is 17.9 Å². The molecule has 2 fully saturated rings. The van der Waals surface area contributed by atoms with Crippen LogP contribution in [-0.4, -0.2) is 70.0 Å². The number of ether oxygens (including phenoxy) is 2. The number of oxime groups is 1. The number of aromatic nitrogens is 2. The molecule has 2 aliphatic heterocycles. The second kappa shape index (κ2) is 12.1. The highest BCUT2D eigenvalue weighted by atomic mass is 35.5. The summed E-state index contributed by atoms with van der Waals surface area (Å²) in [6.07, 6.45) is 0.0520. The molecule has 0 aromatic carbocycles. The van der Waals surface area contributed by atoms with E-state index >= 15 is 0 Å². The quantitative estimate of drug-likeness (QED) is 0.336. The van der Waals surface area contributed by atoms with Crippen LogP contribution in [0.1, 0.15) is 63.6 Å². The van der Waals surface area contributed by atoms with Crippen molar-refractivity contribution in [1.29, 1.82) is 0 Å². The van der Waals surface area contributed by atoms with Crippen LogP contribution in [0.4, 0.5) is 22.0 Å². The van der Waals surface area contributed by atoms with E-state index in [2.05, 4.69) is 15.0 Å². The van der Waals surface area contributed by atoms with Gasteiger partial charge >= 0.3 is 12.8 Å². The maximum Gasteiger partial charge on any atom is 0.435 e. The van der Waals surface area contributed by atoms with Crippen molar-refractivity contribution in [2.24, 2.45) is 12.2 Å². The minimum Gasteiger partial charge on any atom is -0.417 e. The highest BCUT2D eigenvalue weighted by Crippen LogP contribution is 2.39. The largest absolute Gasteiger partial charge is 0.435 e. The van der Waals surface area contributed by atoms with Gasteiger partial charge in [-0.2, -0.15) is 27.1 Å². The SMILES string of the molecule is Cn1nc(C(F)(F)F)c(CS(=O)(=O)C2=NOC(C)(C)C2)c1OC(F)F.O=C(C(Cl)Cl)N1CCOC12CCCCC2. The maximum absolute atomic E-state index is 13.1. The minimum atomic E-state index is -5.06. The van der Waals surface area contributed by atoms with Gasteiger partial charge in [0.15, 0.2) is 25.4 Å². The fraction of sp³-hybridized carbons (Fsp3) is 0.773. The molecule has 3 aliphatic rings. The fourth-order valence-corrected chi connectivity index (χ4v) is 6.50. The summed E-state index contributed by atoms with van der Waals surface area (Å²) >= 11 is 11.3. The van der Waals surface area contributed by atoms with Gasteiger partial charge in [-0.1, -0.05) is 34.8 Å². The van der Waals surface area contributed by atoms with E-state index in [9.17, 15) is 35.2 Å². The van der Waals surface area contributed by atoms with E-state index in [1.807, 2.05) is 0 Å². The van der Waals surface area contributed by atoms with Gasteiger partial charge in [-0.3, -0.25) is 4.79 Å². The number of amides is 1. The molecule has 0 N–H and O–H groups in total. The van der Waals surface area contributed by atoms with Crippen LogP contribution in [0, 0.1) is 0 Å². The Morgan fingerprint density at radius 2 is 1.80 bits per heavy atom. The monoisotopic (exact) mass is 642 g/mol. The lowest BCUT2D eigenvalue weighted by atomic mass is 9.90. The number of sulfone groups is 1. The number of halogens is 7. The standard InChI is InChI=1S/C12H14F5N3O4S.C10H15Cl2NO2/c1-11(2)4-7(19-24-11)25(21,22)5-6-8(12(15,16)17)18-20(3)9(6)23-10(13)14;11-8(12)9(14)13-6-7-15-10(13)4-2-1-3-5-10/h10H,4-5H2,1-3H3;8H,1-7H2. The number of carbonyl (C=O) groups excluding carboxylic acids is 1. The Kier molecular flexibility index (Phi) is 9.89. The summed E-state index contributed by atoms with van der Waals surface area (Å²) < 4.78 is 99.1. The zero-order valence-electron chi connectivity index (χ0n) is 21.8. The molecule has 40 heavy (non-hydrogen) atoms. The molecule has 0 atom stereocenters. The van der Waals surface area contributed by atoms with Gasteiger partial charge in [-0.15, -0.1) is 0 Å². The van der Waals surface area contributed by atoms with E-state index < -0.39 is 66.7 Å². The molecule has 3 heterocycles. The Bertz CT molecular complexity index is 1220. The van der Waals surface area contributed by atoms with Crippen molar-refractivity contribution in [1.82, 2.24) is 14.7 Å². The molecule has 10 nitrogen and oxygen atoms in total. The summed E-state index contributed by atoms with van der Waals surface area (Å²) in [7, 11) is -3.43. The van der Waals surface area contributed by atoms with Gasteiger partial charge in [-0.05, 0) is 39.5 Å². The summed E-state index contributed by atoms with van der Waals surface area (Å²) in [4.78, 5) is 17.5. The van der Waals surface area contributed by atoms with Crippen LogP contribution in [-0.2, 0) is 43.2 Å². The number of rotatable bonds is 5. The van der Waals surface area contributed by atoms with Crippen LogP contribution in [0.25, 0.3) is 0 Å². The van der Waals surface area contributed by atoms with Crippen LogP contribution < -0.4 is 4.74 Å². The second-order valence-corrected chi connectivity index (χ2v) is 13.1. The Morgan fingerprint density at radius 1 is 1.18 bits per heavy atom. The van der Waals surface area contributed by atoms with Crippen molar-refractivity contribution >= 4 is 44.0 Å². The third-order valence-electron chi connectivity index (χ3n) is 6.49. The van der Waals surface area contributed by atoms with Crippen LogP contribution in [0.2, 0.25) is 0 Å². The van der Waals surface area contributed by atoms with E-state index in [-0.39, 0.29) is 12.3 Å². The lowest BCUT2D eigenvalue weighted by molar-refractivity contribution is -0.153. The lowest BCUT2D eigenvalue weighted by Crippen LogP contribution is -2.51. The van der Waals surface area contributed by atoms with E-state index in [0.717, 1.165) is 32.7 Å². The molecule has 1 saturated carbocycles. The first-order chi connectivity index (χ1) is 18.4. The maximum atomic E-state index is 13.1. The number of carbonyl (C=O) groups is 1. The zero-order valence-corrected chi connectivity index (χ0v) is 24.1. The molecule has 1 aromatic rings. The van der Waals surface area contributed by atoms with E-state index in [1.54, 1.807) is 4.90 Å². The van der Waals surface area contributed by atoms with Gasteiger partial charge < -0.3 is 19.2 Å². The fourth-order valence-electron chi connectivity index (χ4n) is 4.74. The van der Waals surface area contributed by atoms with Gasteiger partial charge in [0.25, 0.3) is 5.91 Å². The predicted molar refractivity (Wildman–Crippen MR) is 134 cm³/mol. The van der Waals surface area contributed by atoms with Gasteiger partial charge in [0, 0.05) is 20.0 Å². The Hall–Kier alpha value is -1.91. The molecule has 0 unspecified atom stereocenters. The molecule has 0 bridgehead atoms. The molecule has 1 spiro atoms. The first-order valence-corrected chi connectivity index (χ1v) is 14.7. The van der Waals surface area contributed by atoms with Gasteiger partial charge in [0.2, 0.25) is 5.88 Å². The predicted octanol–water partition coefficient (Wildman–Crippen LogP) is 4.78. The van der Waals surface area contributed by atoms with E-state index in [1.165, 1.54) is 20.3 Å². The van der Waals surface area contributed by atoms with Crippen LogP contribution in [0.5, 0.6) is 5.88 Å². The van der Waals surface area contributed by atoms with Crippen LogP contribution >= 0.6 is 23.2 Å². The van der Waals surface area contributed by atoms with Crippen molar-refractivity contribution < 1.29 is 49.5 Å². The van der Waals surface area contributed by atoms with Crippen LogP contribution in [0.3, 0.4) is 0 Å². The topological polar surface area (TPSA) is 112 Å². The molecular formula is C22H29Cl2F5N4O6S. The van der Waals surface area contributed by atoms with E-state index in [4.69, 9.17) is 32.8 Å². The lowest BCUT2D eigenvalue weighted by Gasteiger charge is -2.40. The Labute approximate surface area is 237 Å². The molecule has 228 valence electrons. The highest BCUT2D eigenvalue weighted by Gasteiger charge is 2.47. The van der Waals surface area contributed by atoms with Crippen molar-refractivity contribution in [3.8, 4) is 5.88 Å². The van der Waals surface area contributed by atoms with Crippen molar-refractivity contribution in [2.75, 3.05) is 13.2 Å². The van der Waals surface area contributed by atoms with Gasteiger partial charge in [-0.25, -0.2) is 13.1 Å². The summed E-state index contributed by atoms with van der Waals surface area (Å²) in [5.74, 6) is -2.45. The van der Waals surface area contributed by atoms with Crippen molar-refractivity contribution in [2.45, 2.75) is 87.1 Å². The molecular weight excluding hydrogens is 614 g/mol. The molecule has 1 aromatic heterocycles. The Balaban J connectivity index is 0.000000249. The normalized spacial score (nSPS) is 20.4. The summed E-state index contributed by atoms with van der Waals surface area (Å²) in [5, 5.41) is 5.97. The molecule has 4 rings (SSSR count). The third-order valence-corrected chi connectivity index (χ3v) is 8.47. The Morgan fingerprint density at radius 3 is 2.30 bits per heavy atom. The molecule has 18 heteroatoms. The summed E-state index contributed by atoms with van der Waals surface area (Å²) in [5.41, 5.74) is -3.96. The first kappa shape index (κ1) is 32.6.